The molecule has 0 aliphatic carbocycles. The maximum Gasteiger partial charge on any atom is 0.343 e. The molecule has 12 heteroatoms. The number of carboxylic acids is 2. The summed E-state index contributed by atoms with van der Waals surface area (Å²) in [6, 6.07) is 22.6. The highest BCUT2D eigenvalue weighted by Gasteiger charge is 2.39. The lowest BCUT2D eigenvalue weighted by molar-refractivity contribution is -0.0140. The first kappa shape index (κ1) is 39.6. The van der Waals surface area contributed by atoms with Crippen molar-refractivity contribution in [2.24, 2.45) is 5.92 Å². The van der Waals surface area contributed by atoms with Gasteiger partial charge in [0, 0.05) is 0 Å². The molecule has 0 spiro atoms. The fourth-order valence-electron chi connectivity index (χ4n) is 4.91. The molecule has 1 aliphatic heterocycles. The molecular formula is C39H43N3O9. The molecule has 12 nitrogen and oxygen atoms in total. The minimum absolute atomic E-state index is 0.0104. The van der Waals surface area contributed by atoms with Gasteiger partial charge >= 0.3 is 23.9 Å². The first-order chi connectivity index (χ1) is 24.0. The fourth-order valence-corrected chi connectivity index (χ4v) is 4.91. The number of H-pyrrole nitrogens is 1. The molecule has 1 aliphatic rings. The molecular weight excluding hydrogens is 654 g/mol. The SMILES string of the molecule is Cc1ccc(C(=O)O)cc1.Cc1ccc(C(=O)O)cc1.Cc1ccc(C(=O)OC[C@@H]2C[C@H](C)[C@H](c3[nH]nc(C#N)c3C(=O)OC(C)(C)C)O2)cc1. The number of nitrogens with one attached hydrogen (secondary N) is 1. The van der Waals surface area contributed by atoms with Crippen molar-refractivity contribution in [2.45, 2.75) is 72.7 Å². The molecule has 51 heavy (non-hydrogen) atoms. The molecule has 3 atom stereocenters. The summed E-state index contributed by atoms with van der Waals surface area (Å²) >= 11 is 0. The second kappa shape index (κ2) is 17.7. The van der Waals surface area contributed by atoms with Crippen LogP contribution in [-0.2, 0) is 14.2 Å². The maximum absolute atomic E-state index is 12.7. The molecule has 1 fully saturated rings. The van der Waals surface area contributed by atoms with Crippen LogP contribution in [0.25, 0.3) is 0 Å². The highest BCUT2D eigenvalue weighted by Crippen LogP contribution is 2.39. The van der Waals surface area contributed by atoms with E-state index < -0.39 is 35.6 Å². The summed E-state index contributed by atoms with van der Waals surface area (Å²) in [4.78, 5) is 45.6. The van der Waals surface area contributed by atoms with E-state index in [1.54, 1.807) is 81.4 Å². The van der Waals surface area contributed by atoms with Gasteiger partial charge in [0.15, 0.2) is 5.69 Å². The van der Waals surface area contributed by atoms with E-state index in [4.69, 9.17) is 24.4 Å². The van der Waals surface area contributed by atoms with Gasteiger partial charge in [0.05, 0.1) is 28.5 Å². The zero-order valence-electron chi connectivity index (χ0n) is 29.7. The number of esters is 2. The van der Waals surface area contributed by atoms with E-state index in [-0.39, 0.29) is 29.9 Å². The number of benzene rings is 3. The summed E-state index contributed by atoms with van der Waals surface area (Å²) in [5.41, 5.74) is 4.11. The fraction of sp³-hybridized carbons (Fsp3) is 0.333. The van der Waals surface area contributed by atoms with Gasteiger partial charge in [0.2, 0.25) is 0 Å². The van der Waals surface area contributed by atoms with Crippen molar-refractivity contribution in [3.05, 3.63) is 123 Å². The van der Waals surface area contributed by atoms with Crippen LogP contribution in [0.4, 0.5) is 0 Å². The van der Waals surface area contributed by atoms with Crippen molar-refractivity contribution in [1.82, 2.24) is 10.2 Å². The Morgan fingerprint density at radius 1 is 0.824 bits per heavy atom. The zero-order chi connectivity index (χ0) is 37.9. The second-order valence-electron chi connectivity index (χ2n) is 13.2. The van der Waals surface area contributed by atoms with Crippen LogP contribution >= 0.6 is 0 Å². The van der Waals surface area contributed by atoms with Crippen LogP contribution in [0.3, 0.4) is 0 Å². The first-order valence-corrected chi connectivity index (χ1v) is 16.2. The summed E-state index contributed by atoms with van der Waals surface area (Å²) in [7, 11) is 0. The van der Waals surface area contributed by atoms with Gasteiger partial charge in [-0.25, -0.2) is 19.2 Å². The minimum atomic E-state index is -0.875. The molecule has 1 aromatic heterocycles. The number of aryl methyl sites for hydroxylation is 3. The Kier molecular flexibility index (Phi) is 13.8. The Hall–Kier alpha value is -5.80. The Morgan fingerprint density at radius 2 is 1.27 bits per heavy atom. The molecule has 5 rings (SSSR count). The zero-order valence-corrected chi connectivity index (χ0v) is 29.7. The van der Waals surface area contributed by atoms with Crippen LogP contribution in [0.5, 0.6) is 0 Å². The van der Waals surface area contributed by atoms with Gasteiger partial charge in [0.25, 0.3) is 0 Å². The summed E-state index contributed by atoms with van der Waals surface area (Å²) < 4.78 is 16.9. The van der Waals surface area contributed by atoms with Crippen molar-refractivity contribution < 1.29 is 43.6 Å². The third kappa shape index (κ3) is 11.9. The molecule has 0 radical (unpaired) electrons. The number of aromatic carboxylic acids is 2. The van der Waals surface area contributed by atoms with Crippen molar-refractivity contribution in [2.75, 3.05) is 6.61 Å². The number of carbonyl (C=O) groups excluding carboxylic acids is 2. The van der Waals surface area contributed by atoms with Gasteiger partial charge in [-0.15, -0.1) is 0 Å². The predicted octanol–water partition coefficient (Wildman–Crippen LogP) is 7.25. The molecule has 0 unspecified atom stereocenters. The number of hydrogen-bond donors (Lipinski definition) is 3. The number of carboxylic acid groups (broad SMARTS) is 2. The van der Waals surface area contributed by atoms with Crippen LogP contribution in [-0.4, -0.2) is 62.6 Å². The van der Waals surface area contributed by atoms with E-state index in [0.29, 0.717) is 28.8 Å². The first-order valence-electron chi connectivity index (χ1n) is 16.2. The third-order valence-electron chi connectivity index (χ3n) is 7.56. The number of ether oxygens (including phenoxy) is 3. The van der Waals surface area contributed by atoms with Gasteiger partial charge < -0.3 is 24.4 Å². The summed E-state index contributed by atoms with van der Waals surface area (Å²) in [5, 5.41) is 33.1. The lowest BCUT2D eigenvalue weighted by Gasteiger charge is -2.21. The number of aromatic nitrogens is 2. The Labute approximate surface area is 297 Å². The largest absolute Gasteiger partial charge is 0.478 e. The predicted molar refractivity (Wildman–Crippen MR) is 188 cm³/mol. The second-order valence-corrected chi connectivity index (χ2v) is 13.2. The Morgan fingerprint density at radius 3 is 1.69 bits per heavy atom. The minimum Gasteiger partial charge on any atom is -0.478 e. The van der Waals surface area contributed by atoms with E-state index in [0.717, 1.165) is 16.7 Å². The molecule has 3 N–H and O–H groups in total. The number of nitrogens with zero attached hydrogens (tertiary/aromatic N) is 2. The Bertz CT molecular complexity index is 1790. The van der Waals surface area contributed by atoms with E-state index in [9.17, 15) is 24.4 Å². The average Bonchev–Trinajstić information content (AvgIpc) is 3.67. The summed E-state index contributed by atoms with van der Waals surface area (Å²) in [5.74, 6) is -2.78. The highest BCUT2D eigenvalue weighted by atomic mass is 16.6. The number of nitriles is 1. The van der Waals surface area contributed by atoms with Crippen LogP contribution in [0, 0.1) is 38.0 Å². The monoisotopic (exact) mass is 697 g/mol. The van der Waals surface area contributed by atoms with E-state index >= 15 is 0 Å². The molecule has 0 saturated carbocycles. The standard InChI is InChI=1S/C23H27N3O5.2C8H8O2/c1-13-6-8-15(9-7-13)21(27)29-12-16-10-14(2)20(30-16)19-18(17(11-24)25-26-19)22(28)31-23(3,4)5;2*1-6-2-4-7(5-3-6)8(9)10/h6-9,14,16,20H,10,12H2,1-5H3,(H,25,26);2*2-5H,1H3,(H,9,10)/t14-,16-,20+;;/m0../s1. The van der Waals surface area contributed by atoms with E-state index in [2.05, 4.69) is 10.2 Å². The van der Waals surface area contributed by atoms with Crippen molar-refractivity contribution in [3.63, 3.8) is 0 Å². The summed E-state index contributed by atoms with van der Waals surface area (Å²) in [6.45, 7) is 13.1. The normalized spacial score (nSPS) is 16.3. The number of rotatable bonds is 7. The molecule has 0 bridgehead atoms. The number of aromatic amines is 1. The smallest absolute Gasteiger partial charge is 0.343 e. The molecule has 4 aromatic rings. The van der Waals surface area contributed by atoms with E-state index in [1.807, 2.05) is 45.9 Å². The molecule has 268 valence electrons. The lowest BCUT2D eigenvalue weighted by atomic mass is 9.96. The summed E-state index contributed by atoms with van der Waals surface area (Å²) in [6.07, 6.45) is -0.213. The molecule has 1 saturated heterocycles. The van der Waals surface area contributed by atoms with Crippen molar-refractivity contribution >= 4 is 23.9 Å². The van der Waals surface area contributed by atoms with Crippen LogP contribution in [0.15, 0.2) is 72.8 Å². The average molecular weight is 698 g/mol. The van der Waals surface area contributed by atoms with Crippen LogP contribution in [0.2, 0.25) is 0 Å². The highest BCUT2D eigenvalue weighted by molar-refractivity contribution is 5.93. The molecule has 3 aromatic carbocycles. The third-order valence-corrected chi connectivity index (χ3v) is 7.56. The van der Waals surface area contributed by atoms with Crippen LogP contribution in [0.1, 0.15) is 110 Å². The van der Waals surface area contributed by atoms with Gasteiger partial charge in [0.1, 0.15) is 29.9 Å². The van der Waals surface area contributed by atoms with Gasteiger partial charge in [-0.05, 0) is 90.3 Å². The topological polar surface area (TPSA) is 189 Å². The molecule has 2 heterocycles. The number of carbonyl (C=O) groups is 4. The van der Waals surface area contributed by atoms with Gasteiger partial charge in [-0.1, -0.05) is 60.0 Å². The van der Waals surface area contributed by atoms with Gasteiger partial charge in [-0.3, -0.25) is 5.10 Å². The molecule has 0 amide bonds. The van der Waals surface area contributed by atoms with Crippen LogP contribution < -0.4 is 0 Å². The number of hydrogen-bond acceptors (Lipinski definition) is 9. The van der Waals surface area contributed by atoms with Crippen molar-refractivity contribution in [1.29, 1.82) is 5.26 Å². The van der Waals surface area contributed by atoms with E-state index in [1.165, 1.54) is 0 Å². The maximum atomic E-state index is 12.7. The van der Waals surface area contributed by atoms with Gasteiger partial charge in [-0.2, -0.15) is 10.4 Å². The van der Waals surface area contributed by atoms with Crippen molar-refractivity contribution in [3.8, 4) is 6.07 Å². The lowest BCUT2D eigenvalue weighted by Crippen LogP contribution is -2.25. The Balaban J connectivity index is 0.000000283. The quantitative estimate of drug-likeness (QED) is 0.165.